The van der Waals surface area contributed by atoms with E-state index in [4.69, 9.17) is 23.7 Å². The molecule has 1 N–H and O–H groups in total. The molecule has 0 saturated carbocycles. The summed E-state index contributed by atoms with van der Waals surface area (Å²) in [4.78, 5) is 31.8. The third-order valence-corrected chi connectivity index (χ3v) is 14.3. The number of pyridine rings is 1. The van der Waals surface area contributed by atoms with Crippen molar-refractivity contribution in [3.05, 3.63) is 57.0 Å². The van der Waals surface area contributed by atoms with Crippen LogP contribution in [0, 0.1) is 11.6 Å². The zero-order chi connectivity index (χ0) is 36.2. The fourth-order valence-electron chi connectivity index (χ4n) is 6.36. The van der Waals surface area contributed by atoms with Crippen LogP contribution in [0.25, 0.3) is 22.5 Å². The van der Waals surface area contributed by atoms with Crippen molar-refractivity contribution in [2.75, 3.05) is 26.9 Å². The van der Waals surface area contributed by atoms with E-state index in [2.05, 4.69) is 38.8 Å². The van der Waals surface area contributed by atoms with Gasteiger partial charge in [-0.3, -0.25) is 14.4 Å². The number of carbonyl (C=O) groups excluding carboxylic acids is 1. The molecule has 2 aromatic heterocycles. The molecule has 10 nitrogen and oxygen atoms in total. The SMILES string of the molecule is COCCOc1cc(F)cc(F)c1-c1c(-c2cc3n(n2)[C@@H](C)CN(C(=O)OC(C)(C)C)[C@@H]3C)[nH]c(=O)c2c1C(O[Si](C)(C)C(C)(C)C)CC2. The molecule has 0 fully saturated rings. The van der Waals surface area contributed by atoms with Gasteiger partial charge in [0.25, 0.3) is 5.56 Å². The van der Waals surface area contributed by atoms with Crippen molar-refractivity contribution in [3.63, 3.8) is 0 Å². The van der Waals surface area contributed by atoms with Gasteiger partial charge in [-0.15, -0.1) is 0 Å². The smallest absolute Gasteiger partial charge is 0.410 e. The van der Waals surface area contributed by atoms with Gasteiger partial charge < -0.3 is 23.6 Å². The Balaban J connectivity index is 1.75. The van der Waals surface area contributed by atoms with Gasteiger partial charge in [-0.25, -0.2) is 13.6 Å². The van der Waals surface area contributed by atoms with Crippen LogP contribution in [0.3, 0.4) is 0 Å². The molecule has 0 bridgehead atoms. The van der Waals surface area contributed by atoms with Crippen LogP contribution < -0.4 is 10.3 Å². The van der Waals surface area contributed by atoms with Crippen molar-refractivity contribution < 1.29 is 32.2 Å². The zero-order valence-electron chi connectivity index (χ0n) is 30.5. The summed E-state index contributed by atoms with van der Waals surface area (Å²) >= 11 is 0. The van der Waals surface area contributed by atoms with Gasteiger partial charge in [-0.05, 0) is 77.2 Å². The number of nitrogens with zero attached hydrogens (tertiary/aromatic N) is 3. The first-order chi connectivity index (χ1) is 22.7. The monoisotopic (exact) mass is 700 g/mol. The summed E-state index contributed by atoms with van der Waals surface area (Å²) < 4.78 is 56.6. The maximum absolute atomic E-state index is 16.3. The Hall–Kier alpha value is -3.55. The van der Waals surface area contributed by atoms with Gasteiger partial charge in [-0.2, -0.15) is 5.10 Å². The van der Waals surface area contributed by atoms with E-state index in [0.29, 0.717) is 41.8 Å². The number of fused-ring (bicyclic) bond motifs is 2. The number of ether oxygens (including phenoxy) is 3. The summed E-state index contributed by atoms with van der Waals surface area (Å²) in [5.41, 5.74) is 1.78. The molecule has 1 aliphatic carbocycles. The van der Waals surface area contributed by atoms with Crippen molar-refractivity contribution in [1.29, 1.82) is 0 Å². The van der Waals surface area contributed by atoms with E-state index in [0.717, 1.165) is 17.8 Å². The summed E-state index contributed by atoms with van der Waals surface area (Å²) in [6.07, 6.45) is 0.00608. The fourth-order valence-corrected chi connectivity index (χ4v) is 7.66. The molecule has 1 unspecified atom stereocenters. The topological polar surface area (TPSA) is 108 Å². The van der Waals surface area contributed by atoms with Crippen LogP contribution in [0.5, 0.6) is 5.75 Å². The average Bonchev–Trinajstić information content (AvgIpc) is 3.60. The number of H-pyrrole nitrogens is 1. The molecule has 3 aromatic rings. The molecule has 3 heterocycles. The van der Waals surface area contributed by atoms with Gasteiger partial charge >= 0.3 is 6.09 Å². The third kappa shape index (κ3) is 7.20. The second kappa shape index (κ2) is 13.3. The van der Waals surface area contributed by atoms with Gasteiger partial charge in [0.05, 0.1) is 41.7 Å². The Labute approximate surface area is 288 Å². The molecular weight excluding hydrogens is 651 g/mol. The number of halogens is 2. The van der Waals surface area contributed by atoms with Crippen molar-refractivity contribution in [2.24, 2.45) is 0 Å². The van der Waals surface area contributed by atoms with Crippen LogP contribution in [-0.2, 0) is 20.3 Å². The molecule has 1 aliphatic heterocycles. The number of carbonyl (C=O) groups is 1. The molecule has 1 amide bonds. The zero-order valence-corrected chi connectivity index (χ0v) is 31.5. The van der Waals surface area contributed by atoms with Crippen molar-refractivity contribution >= 4 is 14.4 Å². The van der Waals surface area contributed by atoms with Crippen LogP contribution >= 0.6 is 0 Å². The van der Waals surface area contributed by atoms with E-state index in [9.17, 15) is 14.0 Å². The van der Waals surface area contributed by atoms with Crippen LogP contribution in [0.15, 0.2) is 23.0 Å². The van der Waals surface area contributed by atoms with E-state index in [1.54, 1.807) is 4.90 Å². The first kappa shape index (κ1) is 36.7. The number of amides is 1. The number of hydrogen-bond acceptors (Lipinski definition) is 7. The number of hydrogen-bond donors (Lipinski definition) is 1. The Kier molecular flexibility index (Phi) is 9.96. The summed E-state index contributed by atoms with van der Waals surface area (Å²) in [7, 11) is -0.871. The van der Waals surface area contributed by atoms with E-state index in [-0.39, 0.29) is 46.9 Å². The van der Waals surface area contributed by atoms with E-state index >= 15 is 4.39 Å². The lowest BCUT2D eigenvalue weighted by molar-refractivity contribution is 0.00865. The van der Waals surface area contributed by atoms with E-state index in [1.165, 1.54) is 7.11 Å². The summed E-state index contributed by atoms with van der Waals surface area (Å²) in [5, 5.41) is 4.81. The van der Waals surface area contributed by atoms with Gasteiger partial charge in [-0.1, -0.05) is 20.8 Å². The first-order valence-electron chi connectivity index (χ1n) is 16.9. The fraction of sp³-hybridized carbons (Fsp3) is 0.583. The van der Waals surface area contributed by atoms with Crippen LogP contribution in [-0.4, -0.2) is 66.5 Å². The molecule has 5 rings (SSSR count). The van der Waals surface area contributed by atoms with Gasteiger partial charge in [0.2, 0.25) is 0 Å². The standard InChI is InChI=1S/C36H50F2N4O6Si/c1-20-19-41(34(44)47-35(3,4)5)21(2)26-18-25(40-42(20)26)32-31(30-24(38)16-22(37)17-28(30)46-15-14-45-9)29-23(33(43)39-32)12-13-27(29)48-49(10,11)36(6,7)8/h16-18,20-21,27H,12-15,19H2,1-11H3,(H,39,43)/t20-,21+,27?/m0/s1. The quantitative estimate of drug-likeness (QED) is 0.187. The summed E-state index contributed by atoms with van der Waals surface area (Å²) in [6, 6.07) is 3.13. The lowest BCUT2D eigenvalue weighted by Crippen LogP contribution is -2.45. The second-order valence-corrected chi connectivity index (χ2v) is 20.4. The van der Waals surface area contributed by atoms with E-state index < -0.39 is 43.8 Å². The molecule has 0 spiro atoms. The predicted molar refractivity (Wildman–Crippen MR) is 186 cm³/mol. The highest BCUT2D eigenvalue weighted by atomic mass is 28.4. The minimum atomic E-state index is -2.38. The highest BCUT2D eigenvalue weighted by Gasteiger charge is 2.43. The molecule has 2 aliphatic rings. The lowest BCUT2D eigenvalue weighted by atomic mass is 9.92. The normalized spacial score (nSPS) is 19.5. The van der Waals surface area contributed by atoms with Crippen LogP contribution in [0.2, 0.25) is 18.1 Å². The number of benzene rings is 1. The molecule has 49 heavy (non-hydrogen) atoms. The molecule has 1 aromatic carbocycles. The molecule has 268 valence electrons. The predicted octanol–water partition coefficient (Wildman–Crippen LogP) is 8.09. The number of rotatable bonds is 8. The molecular formula is C36H50F2N4O6Si. The minimum Gasteiger partial charge on any atom is -0.490 e. The largest absolute Gasteiger partial charge is 0.490 e. The Bertz CT molecular complexity index is 1790. The van der Waals surface area contributed by atoms with Gasteiger partial charge in [0, 0.05) is 36.9 Å². The van der Waals surface area contributed by atoms with Crippen LogP contribution in [0.1, 0.15) is 96.8 Å². The average molecular weight is 701 g/mol. The second-order valence-electron chi connectivity index (χ2n) is 15.7. The number of aromatic amines is 1. The number of methoxy groups -OCH3 is 1. The third-order valence-electron chi connectivity index (χ3n) is 9.82. The molecule has 0 radical (unpaired) electrons. The first-order valence-corrected chi connectivity index (χ1v) is 19.8. The Morgan fingerprint density at radius 2 is 1.76 bits per heavy atom. The van der Waals surface area contributed by atoms with E-state index in [1.807, 2.05) is 45.4 Å². The molecule has 3 atom stereocenters. The molecule has 13 heteroatoms. The lowest BCUT2D eigenvalue weighted by Gasteiger charge is -2.39. The Morgan fingerprint density at radius 3 is 2.39 bits per heavy atom. The van der Waals surface area contributed by atoms with Gasteiger partial charge in [0.1, 0.15) is 35.3 Å². The number of nitrogens with one attached hydrogen (secondary N) is 1. The van der Waals surface area contributed by atoms with Crippen molar-refractivity contribution in [3.8, 4) is 28.3 Å². The van der Waals surface area contributed by atoms with Gasteiger partial charge in [0.15, 0.2) is 8.32 Å². The summed E-state index contributed by atoms with van der Waals surface area (Å²) in [6.45, 7) is 20.6. The van der Waals surface area contributed by atoms with Crippen LogP contribution in [0.4, 0.5) is 13.6 Å². The molecule has 0 saturated heterocycles. The maximum atomic E-state index is 16.3. The highest BCUT2D eigenvalue weighted by Crippen LogP contribution is 2.50. The number of aromatic nitrogens is 3. The highest BCUT2D eigenvalue weighted by molar-refractivity contribution is 6.74. The van der Waals surface area contributed by atoms with Crippen molar-refractivity contribution in [2.45, 2.75) is 110 Å². The maximum Gasteiger partial charge on any atom is 0.410 e. The minimum absolute atomic E-state index is 0.00758. The Morgan fingerprint density at radius 1 is 1.06 bits per heavy atom. The van der Waals surface area contributed by atoms with Crippen molar-refractivity contribution in [1.82, 2.24) is 19.7 Å². The summed E-state index contributed by atoms with van der Waals surface area (Å²) in [5.74, 6) is -1.67.